The highest BCUT2D eigenvalue weighted by atomic mass is 127. The molecule has 0 bridgehead atoms. The lowest BCUT2D eigenvalue weighted by Crippen LogP contribution is -2.47. The highest BCUT2D eigenvalue weighted by molar-refractivity contribution is 14.0. The van der Waals surface area contributed by atoms with E-state index in [0.29, 0.717) is 36.2 Å². The zero-order valence-electron chi connectivity index (χ0n) is 15.7. The average molecular weight is 535 g/mol. The van der Waals surface area contributed by atoms with E-state index in [9.17, 15) is 21.6 Å². The molecule has 2 rings (SSSR count). The van der Waals surface area contributed by atoms with E-state index in [-0.39, 0.29) is 43.0 Å². The first kappa shape index (κ1) is 24.9. The molecule has 1 aromatic rings. The maximum absolute atomic E-state index is 12.6. The van der Waals surface area contributed by atoms with Crippen LogP contribution in [0.15, 0.2) is 23.3 Å². The van der Waals surface area contributed by atoms with Crippen LogP contribution in [0.4, 0.5) is 13.2 Å². The van der Waals surface area contributed by atoms with Gasteiger partial charge in [-0.2, -0.15) is 17.5 Å². The predicted octanol–water partition coefficient (Wildman–Crippen LogP) is 2.23. The highest BCUT2D eigenvalue weighted by Crippen LogP contribution is 2.30. The Hall–Kier alpha value is -1.15. The van der Waals surface area contributed by atoms with Gasteiger partial charge in [0, 0.05) is 32.9 Å². The van der Waals surface area contributed by atoms with Gasteiger partial charge in [-0.3, -0.25) is 9.98 Å². The lowest BCUT2D eigenvalue weighted by Gasteiger charge is -2.31. The van der Waals surface area contributed by atoms with Gasteiger partial charge < -0.3 is 10.6 Å². The fourth-order valence-electron chi connectivity index (χ4n) is 2.83. The molecule has 28 heavy (non-hydrogen) atoms. The van der Waals surface area contributed by atoms with Gasteiger partial charge in [-0.1, -0.05) is 6.07 Å². The largest absolute Gasteiger partial charge is 0.511 e. The van der Waals surface area contributed by atoms with Crippen molar-refractivity contribution >= 4 is 40.0 Å². The van der Waals surface area contributed by atoms with Crippen LogP contribution >= 0.6 is 24.0 Å². The lowest BCUT2D eigenvalue weighted by atomic mass is 9.98. The number of pyridine rings is 1. The topological polar surface area (TPSA) is 86.7 Å². The van der Waals surface area contributed by atoms with E-state index in [2.05, 4.69) is 20.6 Å². The number of piperidine rings is 1. The Morgan fingerprint density at radius 3 is 2.50 bits per heavy atom. The third-order valence-electron chi connectivity index (χ3n) is 4.53. The molecule has 0 unspecified atom stereocenters. The van der Waals surface area contributed by atoms with Crippen LogP contribution in [0.2, 0.25) is 0 Å². The van der Waals surface area contributed by atoms with Crippen molar-refractivity contribution in [3.05, 3.63) is 29.6 Å². The second kappa shape index (κ2) is 10.6. The van der Waals surface area contributed by atoms with Crippen LogP contribution in [0.1, 0.15) is 24.1 Å². The Balaban J connectivity index is 0.00000392. The number of aliphatic imine (C=N–C) groups is 1. The number of sulfonamides is 1. The molecular formula is C16H25F3IN5O2S. The van der Waals surface area contributed by atoms with Crippen LogP contribution in [0, 0.1) is 12.8 Å². The number of halogens is 4. The number of alkyl halides is 3. The number of rotatable bonds is 5. The minimum Gasteiger partial charge on any atom is -0.356 e. The quantitative estimate of drug-likeness (QED) is 0.343. The van der Waals surface area contributed by atoms with Crippen molar-refractivity contribution in [3.8, 4) is 0 Å². The zero-order chi connectivity index (χ0) is 20.1. The molecule has 12 heteroatoms. The summed E-state index contributed by atoms with van der Waals surface area (Å²) in [5.74, 6) is 0.630. The van der Waals surface area contributed by atoms with Gasteiger partial charge >= 0.3 is 15.5 Å². The normalized spacial score (nSPS) is 17.1. The summed E-state index contributed by atoms with van der Waals surface area (Å²) in [6.07, 6.45) is 2.43. The standard InChI is InChI=1S/C16H24F3N5O2S.HI/c1-12-4-3-7-21-14(12)11-23-15(20-2)22-10-13-5-8-24(9-6-13)27(25,26)16(17,18)19;/h3-4,7,13H,5-6,8-11H2,1-2H3,(H2,20,22,23);1H. The minimum atomic E-state index is -5.24. The molecule has 1 aliphatic rings. The number of aromatic nitrogens is 1. The van der Waals surface area contributed by atoms with Crippen molar-refractivity contribution in [3.63, 3.8) is 0 Å². The molecular weight excluding hydrogens is 510 g/mol. The van der Waals surface area contributed by atoms with E-state index >= 15 is 0 Å². The molecule has 0 saturated carbocycles. The fraction of sp³-hybridized carbons (Fsp3) is 0.625. The van der Waals surface area contributed by atoms with Gasteiger partial charge in [-0.05, 0) is 37.3 Å². The molecule has 1 aliphatic heterocycles. The summed E-state index contributed by atoms with van der Waals surface area (Å²) in [7, 11) is -3.61. The van der Waals surface area contributed by atoms with E-state index in [4.69, 9.17) is 0 Å². The van der Waals surface area contributed by atoms with Gasteiger partial charge in [0.25, 0.3) is 0 Å². The monoisotopic (exact) mass is 535 g/mol. The van der Waals surface area contributed by atoms with E-state index < -0.39 is 15.5 Å². The van der Waals surface area contributed by atoms with Crippen LogP contribution in [0.3, 0.4) is 0 Å². The molecule has 0 atom stereocenters. The van der Waals surface area contributed by atoms with Crippen LogP contribution in [-0.2, 0) is 16.6 Å². The number of aryl methyl sites for hydroxylation is 1. The van der Waals surface area contributed by atoms with Crippen LogP contribution in [-0.4, -0.2) is 55.9 Å². The third-order valence-corrected chi connectivity index (χ3v) is 6.16. The molecule has 2 N–H and O–H groups in total. The summed E-state index contributed by atoms with van der Waals surface area (Å²) in [5.41, 5.74) is -3.29. The number of hydrogen-bond acceptors (Lipinski definition) is 4. The van der Waals surface area contributed by atoms with E-state index in [1.54, 1.807) is 13.2 Å². The molecule has 7 nitrogen and oxygen atoms in total. The summed E-state index contributed by atoms with van der Waals surface area (Å²) in [5, 5.41) is 6.27. The first-order valence-electron chi connectivity index (χ1n) is 8.56. The number of nitrogens with zero attached hydrogens (tertiary/aromatic N) is 3. The minimum absolute atomic E-state index is 0. The molecule has 1 fully saturated rings. The Kier molecular flexibility index (Phi) is 9.40. The van der Waals surface area contributed by atoms with Crippen molar-refractivity contribution in [2.75, 3.05) is 26.7 Å². The predicted molar refractivity (Wildman–Crippen MR) is 112 cm³/mol. The van der Waals surface area contributed by atoms with Gasteiger partial charge in [-0.25, -0.2) is 8.42 Å². The summed E-state index contributed by atoms with van der Waals surface area (Å²) >= 11 is 0. The summed E-state index contributed by atoms with van der Waals surface area (Å²) < 4.78 is 61.2. The Morgan fingerprint density at radius 2 is 1.96 bits per heavy atom. The molecule has 1 saturated heterocycles. The number of nitrogens with one attached hydrogen (secondary N) is 2. The lowest BCUT2D eigenvalue weighted by molar-refractivity contribution is -0.0496. The maximum Gasteiger partial charge on any atom is 0.511 e. The van der Waals surface area contributed by atoms with Gasteiger partial charge in [0.05, 0.1) is 12.2 Å². The van der Waals surface area contributed by atoms with Crippen molar-refractivity contribution in [2.45, 2.75) is 31.8 Å². The summed E-state index contributed by atoms with van der Waals surface area (Å²) in [4.78, 5) is 8.40. The molecule has 2 heterocycles. The van der Waals surface area contributed by atoms with Crippen molar-refractivity contribution < 1.29 is 21.6 Å². The molecule has 160 valence electrons. The molecule has 0 aromatic carbocycles. The van der Waals surface area contributed by atoms with Crippen LogP contribution in [0.25, 0.3) is 0 Å². The third kappa shape index (κ3) is 6.44. The smallest absolute Gasteiger partial charge is 0.356 e. The maximum atomic E-state index is 12.6. The summed E-state index contributed by atoms with van der Waals surface area (Å²) in [6.45, 7) is 2.69. The van der Waals surface area contributed by atoms with E-state index in [0.717, 1.165) is 11.3 Å². The average Bonchev–Trinajstić information content (AvgIpc) is 2.62. The van der Waals surface area contributed by atoms with Gasteiger partial charge in [0.15, 0.2) is 5.96 Å². The second-order valence-electron chi connectivity index (χ2n) is 6.37. The first-order chi connectivity index (χ1) is 12.6. The van der Waals surface area contributed by atoms with Gasteiger partial charge in [0.1, 0.15) is 0 Å². The van der Waals surface area contributed by atoms with Crippen molar-refractivity contribution in [2.24, 2.45) is 10.9 Å². The van der Waals surface area contributed by atoms with Crippen molar-refractivity contribution in [1.82, 2.24) is 19.9 Å². The van der Waals surface area contributed by atoms with Gasteiger partial charge in [0.2, 0.25) is 0 Å². The van der Waals surface area contributed by atoms with Crippen LogP contribution < -0.4 is 10.6 Å². The van der Waals surface area contributed by atoms with E-state index in [1.807, 2.05) is 19.1 Å². The molecule has 0 aliphatic carbocycles. The zero-order valence-corrected chi connectivity index (χ0v) is 18.8. The SMILES string of the molecule is CN=C(NCc1ncccc1C)NCC1CCN(S(=O)(=O)C(F)(F)F)CC1.I. The molecule has 0 spiro atoms. The molecule has 0 radical (unpaired) electrons. The van der Waals surface area contributed by atoms with E-state index in [1.165, 1.54) is 0 Å². The first-order valence-corrected chi connectivity index (χ1v) is 10.0. The fourth-order valence-corrected chi connectivity index (χ4v) is 3.82. The summed E-state index contributed by atoms with van der Waals surface area (Å²) in [6, 6.07) is 3.82. The molecule has 0 amide bonds. The number of guanidine groups is 1. The molecule has 1 aromatic heterocycles. The Labute approximate surface area is 180 Å². The van der Waals surface area contributed by atoms with Crippen LogP contribution in [0.5, 0.6) is 0 Å². The Morgan fingerprint density at radius 1 is 1.32 bits per heavy atom. The second-order valence-corrected chi connectivity index (χ2v) is 8.30. The Bertz CT molecular complexity index is 766. The van der Waals surface area contributed by atoms with Gasteiger partial charge in [-0.15, -0.1) is 24.0 Å². The number of hydrogen-bond donors (Lipinski definition) is 2. The highest BCUT2D eigenvalue weighted by Gasteiger charge is 2.50. The van der Waals surface area contributed by atoms with Crippen molar-refractivity contribution in [1.29, 1.82) is 0 Å².